The molecule has 3 rings (SSSR count). The van der Waals surface area contributed by atoms with E-state index in [4.69, 9.17) is 0 Å². The van der Waals surface area contributed by atoms with Crippen LogP contribution in [0.4, 0.5) is 10.1 Å². The van der Waals surface area contributed by atoms with E-state index < -0.39 is 6.04 Å². The predicted molar refractivity (Wildman–Crippen MR) is 107 cm³/mol. The highest BCUT2D eigenvalue weighted by Gasteiger charge is 2.19. The molecule has 0 heterocycles. The Morgan fingerprint density at radius 1 is 0.926 bits per heavy atom. The molecule has 0 aliphatic heterocycles. The Hall–Kier alpha value is -2.98. The number of nitrogens with one attached hydrogen (secondary N) is 2. The standard InChI is InChI=1S/C23H23FN2O/c1-17-12-13-20(24)15-21(17)26-23(27)22(14-18-8-4-2-5-9-18)25-16-19-10-6-3-7-11-19/h2-13,15,22,25H,14,16H2,1H3,(H,26,27). The lowest BCUT2D eigenvalue weighted by Gasteiger charge is -2.19. The Balaban J connectivity index is 1.75. The third-order valence-corrected chi connectivity index (χ3v) is 4.45. The summed E-state index contributed by atoms with van der Waals surface area (Å²) in [5.41, 5.74) is 3.49. The van der Waals surface area contributed by atoms with E-state index in [2.05, 4.69) is 10.6 Å². The number of amides is 1. The number of carbonyl (C=O) groups excluding carboxylic acids is 1. The third-order valence-electron chi connectivity index (χ3n) is 4.45. The summed E-state index contributed by atoms with van der Waals surface area (Å²) >= 11 is 0. The van der Waals surface area contributed by atoms with E-state index >= 15 is 0 Å². The number of hydrogen-bond acceptors (Lipinski definition) is 2. The van der Waals surface area contributed by atoms with Crippen molar-refractivity contribution in [2.45, 2.75) is 25.9 Å². The molecule has 3 nitrogen and oxygen atoms in total. The fraction of sp³-hybridized carbons (Fsp3) is 0.174. The Morgan fingerprint density at radius 2 is 1.56 bits per heavy atom. The molecular formula is C23H23FN2O. The Kier molecular flexibility index (Phi) is 6.34. The second-order valence-corrected chi connectivity index (χ2v) is 6.56. The Morgan fingerprint density at radius 3 is 2.22 bits per heavy atom. The van der Waals surface area contributed by atoms with E-state index in [1.54, 1.807) is 6.07 Å². The molecule has 27 heavy (non-hydrogen) atoms. The number of halogens is 1. The predicted octanol–water partition coefficient (Wildman–Crippen LogP) is 4.47. The van der Waals surface area contributed by atoms with Gasteiger partial charge in [0.05, 0.1) is 6.04 Å². The summed E-state index contributed by atoms with van der Waals surface area (Å²) in [5, 5.41) is 6.20. The highest BCUT2D eigenvalue weighted by molar-refractivity contribution is 5.95. The number of anilines is 1. The van der Waals surface area contributed by atoms with E-state index in [0.29, 0.717) is 18.7 Å². The molecular weight excluding hydrogens is 339 g/mol. The van der Waals surface area contributed by atoms with E-state index in [9.17, 15) is 9.18 Å². The van der Waals surface area contributed by atoms with Gasteiger partial charge < -0.3 is 10.6 Å². The largest absolute Gasteiger partial charge is 0.324 e. The zero-order valence-corrected chi connectivity index (χ0v) is 15.3. The van der Waals surface area contributed by atoms with Gasteiger partial charge in [-0.2, -0.15) is 0 Å². The second kappa shape index (κ2) is 9.10. The summed E-state index contributed by atoms with van der Waals surface area (Å²) in [6.45, 7) is 2.42. The molecule has 2 N–H and O–H groups in total. The minimum atomic E-state index is -0.435. The van der Waals surface area contributed by atoms with Crippen LogP contribution in [0.5, 0.6) is 0 Å². The molecule has 3 aromatic carbocycles. The van der Waals surface area contributed by atoms with Gasteiger partial charge in [-0.25, -0.2) is 4.39 Å². The van der Waals surface area contributed by atoms with Crippen molar-refractivity contribution in [1.82, 2.24) is 5.32 Å². The Labute approximate surface area is 159 Å². The van der Waals surface area contributed by atoms with Crippen LogP contribution in [-0.4, -0.2) is 11.9 Å². The topological polar surface area (TPSA) is 41.1 Å². The van der Waals surface area contributed by atoms with Crippen molar-refractivity contribution in [3.63, 3.8) is 0 Å². The average Bonchev–Trinajstić information content (AvgIpc) is 2.69. The van der Waals surface area contributed by atoms with Gasteiger partial charge in [-0.1, -0.05) is 66.7 Å². The van der Waals surface area contributed by atoms with Gasteiger partial charge in [0.1, 0.15) is 5.82 Å². The van der Waals surface area contributed by atoms with Gasteiger partial charge in [-0.05, 0) is 42.2 Å². The summed E-state index contributed by atoms with van der Waals surface area (Å²) in [4.78, 5) is 12.9. The van der Waals surface area contributed by atoms with Gasteiger partial charge in [0.25, 0.3) is 0 Å². The van der Waals surface area contributed by atoms with Crippen LogP contribution in [0.15, 0.2) is 78.9 Å². The molecule has 0 saturated carbocycles. The maximum atomic E-state index is 13.5. The van der Waals surface area contributed by atoms with Crippen LogP contribution in [0.1, 0.15) is 16.7 Å². The third kappa shape index (κ3) is 5.50. The first-order valence-electron chi connectivity index (χ1n) is 9.00. The smallest absolute Gasteiger partial charge is 0.241 e. The molecule has 0 aromatic heterocycles. The zero-order valence-electron chi connectivity index (χ0n) is 15.3. The van der Waals surface area contributed by atoms with Crippen molar-refractivity contribution in [3.8, 4) is 0 Å². The highest BCUT2D eigenvalue weighted by Crippen LogP contribution is 2.17. The van der Waals surface area contributed by atoms with E-state index in [-0.39, 0.29) is 11.7 Å². The van der Waals surface area contributed by atoms with Gasteiger partial charge in [0.15, 0.2) is 0 Å². The molecule has 3 aromatic rings. The van der Waals surface area contributed by atoms with Crippen LogP contribution < -0.4 is 10.6 Å². The van der Waals surface area contributed by atoms with Gasteiger partial charge in [0.2, 0.25) is 5.91 Å². The number of rotatable bonds is 7. The summed E-state index contributed by atoms with van der Waals surface area (Å²) in [7, 11) is 0. The molecule has 1 amide bonds. The maximum Gasteiger partial charge on any atom is 0.241 e. The van der Waals surface area contributed by atoms with E-state index in [1.807, 2.05) is 67.6 Å². The number of aryl methyl sites for hydroxylation is 1. The Bertz CT molecular complexity index is 881. The summed E-state index contributed by atoms with van der Waals surface area (Å²) in [6.07, 6.45) is 0.549. The van der Waals surface area contributed by atoms with Gasteiger partial charge in [0, 0.05) is 12.2 Å². The molecule has 0 fully saturated rings. The van der Waals surface area contributed by atoms with Crippen molar-refractivity contribution in [3.05, 3.63) is 101 Å². The van der Waals surface area contributed by atoms with E-state index in [1.165, 1.54) is 12.1 Å². The molecule has 0 aliphatic carbocycles. The van der Waals surface area contributed by atoms with Crippen LogP contribution in [-0.2, 0) is 17.8 Å². The molecule has 0 bridgehead atoms. The molecule has 0 saturated heterocycles. The van der Waals surface area contributed by atoms with Crippen LogP contribution in [0.3, 0.4) is 0 Å². The molecule has 138 valence electrons. The number of carbonyl (C=O) groups is 1. The first kappa shape index (κ1) is 18.8. The fourth-order valence-corrected chi connectivity index (χ4v) is 2.89. The molecule has 0 aliphatic rings. The van der Waals surface area contributed by atoms with E-state index in [0.717, 1.165) is 16.7 Å². The SMILES string of the molecule is Cc1ccc(F)cc1NC(=O)C(Cc1ccccc1)NCc1ccccc1. The van der Waals surface area contributed by atoms with Crippen molar-refractivity contribution in [2.75, 3.05) is 5.32 Å². The van der Waals surface area contributed by atoms with Crippen LogP contribution in [0.2, 0.25) is 0 Å². The lowest BCUT2D eigenvalue weighted by Crippen LogP contribution is -2.42. The highest BCUT2D eigenvalue weighted by atomic mass is 19.1. The number of hydrogen-bond donors (Lipinski definition) is 2. The normalized spacial score (nSPS) is 11.8. The molecule has 4 heteroatoms. The molecule has 1 unspecified atom stereocenters. The lowest BCUT2D eigenvalue weighted by molar-refractivity contribution is -0.118. The van der Waals surface area contributed by atoms with Crippen molar-refractivity contribution in [1.29, 1.82) is 0 Å². The van der Waals surface area contributed by atoms with Crippen molar-refractivity contribution < 1.29 is 9.18 Å². The molecule has 1 atom stereocenters. The van der Waals surface area contributed by atoms with Gasteiger partial charge in [-0.15, -0.1) is 0 Å². The monoisotopic (exact) mass is 362 g/mol. The zero-order chi connectivity index (χ0) is 19.1. The summed E-state index contributed by atoms with van der Waals surface area (Å²) in [6, 6.07) is 23.8. The average molecular weight is 362 g/mol. The van der Waals surface area contributed by atoms with Gasteiger partial charge >= 0.3 is 0 Å². The minimum Gasteiger partial charge on any atom is -0.324 e. The maximum absolute atomic E-state index is 13.5. The fourth-order valence-electron chi connectivity index (χ4n) is 2.89. The number of benzene rings is 3. The van der Waals surface area contributed by atoms with Gasteiger partial charge in [-0.3, -0.25) is 4.79 Å². The first-order valence-corrected chi connectivity index (χ1v) is 9.00. The van der Waals surface area contributed by atoms with Crippen molar-refractivity contribution in [2.24, 2.45) is 0 Å². The summed E-state index contributed by atoms with van der Waals surface area (Å²) < 4.78 is 13.5. The lowest BCUT2D eigenvalue weighted by atomic mass is 10.0. The van der Waals surface area contributed by atoms with Crippen LogP contribution in [0.25, 0.3) is 0 Å². The quantitative estimate of drug-likeness (QED) is 0.651. The second-order valence-electron chi connectivity index (χ2n) is 6.56. The van der Waals surface area contributed by atoms with Crippen LogP contribution >= 0.6 is 0 Å². The minimum absolute atomic E-state index is 0.177. The molecule has 0 radical (unpaired) electrons. The summed E-state index contributed by atoms with van der Waals surface area (Å²) in [5.74, 6) is -0.545. The first-order chi connectivity index (χ1) is 13.1. The van der Waals surface area contributed by atoms with Crippen LogP contribution in [0, 0.1) is 12.7 Å². The van der Waals surface area contributed by atoms with Crippen molar-refractivity contribution >= 4 is 11.6 Å². The molecule has 0 spiro atoms.